The predicted molar refractivity (Wildman–Crippen MR) is 63.3 cm³/mol. The lowest BCUT2D eigenvalue weighted by Crippen LogP contribution is -2.28. The van der Waals surface area contributed by atoms with Gasteiger partial charge < -0.3 is 10.1 Å². The maximum absolute atomic E-state index is 12.2. The summed E-state index contributed by atoms with van der Waals surface area (Å²) in [4.78, 5) is 4.08. The van der Waals surface area contributed by atoms with Gasteiger partial charge in [0.15, 0.2) is 6.10 Å². The predicted octanol–water partition coefficient (Wildman–Crippen LogP) is 3.37. The van der Waals surface area contributed by atoms with Crippen LogP contribution in [0.4, 0.5) is 19.0 Å². The molecule has 0 fully saturated rings. The van der Waals surface area contributed by atoms with Crippen molar-refractivity contribution in [2.45, 2.75) is 39.2 Å². The van der Waals surface area contributed by atoms with Crippen molar-refractivity contribution in [1.82, 2.24) is 4.98 Å². The maximum atomic E-state index is 12.2. The molecule has 0 saturated carbocycles. The van der Waals surface area contributed by atoms with Crippen molar-refractivity contribution in [3.05, 3.63) is 23.9 Å². The number of anilines is 1. The molecular weight excluding hydrogens is 245 g/mol. The number of hydrogen-bond acceptors (Lipinski definition) is 3. The van der Waals surface area contributed by atoms with Crippen LogP contribution in [0.1, 0.15) is 25.8 Å². The number of aromatic nitrogens is 1. The standard InChI is InChI=1S/C12H17F3N2O/c1-3-6-16-11-5-4-10(7-17-11)8-18-9(2)12(13,14)15/h4-5,7,9H,3,6,8H2,1-2H3,(H,16,17). The van der Waals surface area contributed by atoms with E-state index in [1.807, 2.05) is 6.92 Å². The fraction of sp³-hybridized carbons (Fsp3) is 0.583. The van der Waals surface area contributed by atoms with Crippen molar-refractivity contribution < 1.29 is 17.9 Å². The molecule has 1 N–H and O–H groups in total. The molecule has 1 aromatic rings. The van der Waals surface area contributed by atoms with Gasteiger partial charge in [-0.2, -0.15) is 13.2 Å². The molecule has 0 aliphatic heterocycles. The molecule has 3 nitrogen and oxygen atoms in total. The van der Waals surface area contributed by atoms with Crippen LogP contribution in [0.3, 0.4) is 0 Å². The molecule has 0 spiro atoms. The van der Waals surface area contributed by atoms with Gasteiger partial charge in [0.25, 0.3) is 0 Å². The van der Waals surface area contributed by atoms with E-state index in [2.05, 4.69) is 10.3 Å². The van der Waals surface area contributed by atoms with Crippen LogP contribution in [0, 0.1) is 0 Å². The van der Waals surface area contributed by atoms with Crippen molar-refractivity contribution in [3.8, 4) is 0 Å². The molecule has 102 valence electrons. The highest BCUT2D eigenvalue weighted by atomic mass is 19.4. The number of rotatable bonds is 6. The van der Waals surface area contributed by atoms with Gasteiger partial charge in [-0.25, -0.2) is 4.98 Å². The second kappa shape index (κ2) is 6.58. The van der Waals surface area contributed by atoms with E-state index in [-0.39, 0.29) is 6.61 Å². The van der Waals surface area contributed by atoms with Crippen molar-refractivity contribution in [2.75, 3.05) is 11.9 Å². The van der Waals surface area contributed by atoms with E-state index < -0.39 is 12.3 Å². The molecule has 0 amide bonds. The summed E-state index contributed by atoms with van der Waals surface area (Å²) in [6.07, 6.45) is -3.59. The monoisotopic (exact) mass is 262 g/mol. The quantitative estimate of drug-likeness (QED) is 0.853. The molecule has 6 heteroatoms. The first-order chi connectivity index (χ1) is 8.43. The lowest BCUT2D eigenvalue weighted by atomic mass is 10.3. The minimum Gasteiger partial charge on any atom is -0.370 e. The Morgan fingerprint density at radius 1 is 1.39 bits per heavy atom. The van der Waals surface area contributed by atoms with Crippen molar-refractivity contribution in [1.29, 1.82) is 0 Å². The van der Waals surface area contributed by atoms with E-state index in [1.54, 1.807) is 12.1 Å². The fourth-order valence-corrected chi connectivity index (χ4v) is 1.18. The highest BCUT2D eigenvalue weighted by Gasteiger charge is 2.36. The molecule has 1 heterocycles. The molecule has 18 heavy (non-hydrogen) atoms. The van der Waals surface area contributed by atoms with Crippen LogP contribution in [-0.2, 0) is 11.3 Å². The Labute approximate surface area is 104 Å². The maximum Gasteiger partial charge on any atom is 0.414 e. The van der Waals surface area contributed by atoms with Crippen LogP contribution >= 0.6 is 0 Å². The molecule has 1 aromatic heterocycles. The van der Waals surface area contributed by atoms with Gasteiger partial charge in [-0.3, -0.25) is 0 Å². The van der Waals surface area contributed by atoms with E-state index in [4.69, 9.17) is 4.74 Å². The Morgan fingerprint density at radius 3 is 2.61 bits per heavy atom. The fourth-order valence-electron chi connectivity index (χ4n) is 1.18. The summed E-state index contributed by atoms with van der Waals surface area (Å²) in [7, 11) is 0. The second-order valence-corrected chi connectivity index (χ2v) is 3.97. The number of nitrogens with one attached hydrogen (secondary N) is 1. The average molecular weight is 262 g/mol. The molecule has 1 atom stereocenters. The Balaban J connectivity index is 2.44. The van der Waals surface area contributed by atoms with E-state index in [9.17, 15) is 13.2 Å². The lowest BCUT2D eigenvalue weighted by molar-refractivity contribution is -0.217. The molecule has 0 aliphatic rings. The highest BCUT2D eigenvalue weighted by molar-refractivity contribution is 5.35. The van der Waals surface area contributed by atoms with E-state index in [1.165, 1.54) is 6.20 Å². The van der Waals surface area contributed by atoms with Gasteiger partial charge in [-0.1, -0.05) is 13.0 Å². The zero-order chi connectivity index (χ0) is 13.6. The number of ether oxygens (including phenoxy) is 1. The first-order valence-corrected chi connectivity index (χ1v) is 5.80. The summed E-state index contributed by atoms with van der Waals surface area (Å²) in [5.74, 6) is 0.712. The SMILES string of the molecule is CCCNc1ccc(COC(C)C(F)(F)F)cn1. The van der Waals surface area contributed by atoms with Crippen LogP contribution in [-0.4, -0.2) is 23.8 Å². The lowest BCUT2D eigenvalue weighted by Gasteiger charge is -2.16. The molecule has 0 bridgehead atoms. The van der Waals surface area contributed by atoms with Gasteiger partial charge in [-0.05, 0) is 25.0 Å². The Bertz CT molecular complexity index is 351. The third-order valence-electron chi connectivity index (χ3n) is 2.34. The van der Waals surface area contributed by atoms with Crippen LogP contribution < -0.4 is 5.32 Å². The number of halogens is 3. The van der Waals surface area contributed by atoms with Gasteiger partial charge in [0.1, 0.15) is 5.82 Å². The minimum absolute atomic E-state index is 0.0955. The highest BCUT2D eigenvalue weighted by Crippen LogP contribution is 2.23. The number of pyridine rings is 1. The van der Waals surface area contributed by atoms with Gasteiger partial charge in [0.2, 0.25) is 0 Å². The van der Waals surface area contributed by atoms with Crippen LogP contribution in [0.2, 0.25) is 0 Å². The van der Waals surface area contributed by atoms with E-state index in [0.717, 1.165) is 19.9 Å². The summed E-state index contributed by atoms with van der Waals surface area (Å²) in [6, 6.07) is 3.43. The summed E-state index contributed by atoms with van der Waals surface area (Å²) in [5, 5.41) is 3.08. The third-order valence-corrected chi connectivity index (χ3v) is 2.34. The first-order valence-electron chi connectivity index (χ1n) is 5.80. The van der Waals surface area contributed by atoms with Crippen LogP contribution in [0.15, 0.2) is 18.3 Å². The normalized spacial score (nSPS) is 13.4. The third kappa shape index (κ3) is 4.91. The van der Waals surface area contributed by atoms with Gasteiger partial charge in [-0.15, -0.1) is 0 Å². The van der Waals surface area contributed by atoms with Crippen LogP contribution in [0.25, 0.3) is 0 Å². The molecule has 0 aliphatic carbocycles. The largest absolute Gasteiger partial charge is 0.414 e. The summed E-state index contributed by atoms with van der Waals surface area (Å²) >= 11 is 0. The number of alkyl halides is 3. The molecule has 0 radical (unpaired) electrons. The molecular formula is C12H17F3N2O. The Hall–Kier alpha value is -1.30. The van der Waals surface area contributed by atoms with Crippen molar-refractivity contribution >= 4 is 5.82 Å². The molecule has 0 aromatic carbocycles. The molecule has 1 rings (SSSR count). The zero-order valence-electron chi connectivity index (χ0n) is 10.4. The Kier molecular flexibility index (Phi) is 5.40. The van der Waals surface area contributed by atoms with Crippen molar-refractivity contribution in [2.24, 2.45) is 0 Å². The minimum atomic E-state index is -4.32. The number of hydrogen-bond donors (Lipinski definition) is 1. The van der Waals surface area contributed by atoms with E-state index >= 15 is 0 Å². The van der Waals surface area contributed by atoms with Crippen molar-refractivity contribution in [3.63, 3.8) is 0 Å². The van der Waals surface area contributed by atoms with Gasteiger partial charge >= 0.3 is 6.18 Å². The molecule has 1 unspecified atom stereocenters. The molecule has 0 saturated heterocycles. The van der Waals surface area contributed by atoms with Gasteiger partial charge in [0, 0.05) is 12.7 Å². The summed E-state index contributed by atoms with van der Waals surface area (Å²) < 4.78 is 41.3. The van der Waals surface area contributed by atoms with Crippen LogP contribution in [0.5, 0.6) is 0 Å². The Morgan fingerprint density at radius 2 is 2.11 bits per heavy atom. The zero-order valence-corrected chi connectivity index (χ0v) is 10.4. The van der Waals surface area contributed by atoms with Gasteiger partial charge in [0.05, 0.1) is 6.61 Å². The van der Waals surface area contributed by atoms with E-state index in [0.29, 0.717) is 11.4 Å². The summed E-state index contributed by atoms with van der Waals surface area (Å²) in [6.45, 7) is 3.74. The topological polar surface area (TPSA) is 34.1 Å². The first kappa shape index (κ1) is 14.8. The smallest absolute Gasteiger partial charge is 0.370 e. The second-order valence-electron chi connectivity index (χ2n) is 3.97. The number of nitrogens with zero attached hydrogens (tertiary/aromatic N) is 1. The summed E-state index contributed by atoms with van der Waals surface area (Å²) in [5.41, 5.74) is 0.619. The average Bonchev–Trinajstić information content (AvgIpc) is 2.33.